The van der Waals surface area contributed by atoms with E-state index >= 15 is 0 Å². The van der Waals surface area contributed by atoms with Crippen LogP contribution in [-0.4, -0.2) is 4.98 Å². The summed E-state index contributed by atoms with van der Waals surface area (Å²) in [5.41, 5.74) is 2.84. The smallest absolute Gasteiger partial charge is 0.0900 e. The number of aryl methyl sites for hydroxylation is 2. The molecule has 16 heavy (non-hydrogen) atoms. The van der Waals surface area contributed by atoms with Gasteiger partial charge in [-0.05, 0) is 37.7 Å². The Hall–Kier alpha value is -1.15. The minimum absolute atomic E-state index is 0.702. The predicted octanol–water partition coefficient (Wildman–Crippen LogP) is 3.72. The molecule has 1 aliphatic carbocycles. The van der Waals surface area contributed by atoms with Crippen molar-refractivity contribution in [2.45, 2.75) is 32.1 Å². The molecule has 1 aromatic carbocycles. The molecule has 1 nitrogen and oxygen atoms in total. The maximum absolute atomic E-state index is 4.60. The van der Waals surface area contributed by atoms with E-state index in [1.54, 1.807) is 0 Å². The van der Waals surface area contributed by atoms with E-state index in [0.717, 1.165) is 6.42 Å². The van der Waals surface area contributed by atoms with Gasteiger partial charge < -0.3 is 0 Å². The summed E-state index contributed by atoms with van der Waals surface area (Å²) in [6.07, 6.45) is 3.59. The molecule has 3 rings (SSSR count). The van der Waals surface area contributed by atoms with Gasteiger partial charge in [0, 0.05) is 4.88 Å². The van der Waals surface area contributed by atoms with Crippen molar-refractivity contribution in [1.29, 1.82) is 0 Å². The zero-order valence-electron chi connectivity index (χ0n) is 9.44. The Balaban J connectivity index is 1.88. The van der Waals surface area contributed by atoms with Crippen LogP contribution in [0.2, 0.25) is 0 Å². The first-order chi connectivity index (χ1) is 7.83. The molecule has 0 saturated heterocycles. The van der Waals surface area contributed by atoms with E-state index in [2.05, 4.69) is 42.2 Å². The van der Waals surface area contributed by atoms with Crippen molar-refractivity contribution in [3.63, 3.8) is 0 Å². The van der Waals surface area contributed by atoms with Crippen LogP contribution < -0.4 is 0 Å². The zero-order chi connectivity index (χ0) is 11.0. The van der Waals surface area contributed by atoms with Crippen LogP contribution in [0, 0.1) is 6.92 Å². The summed E-state index contributed by atoms with van der Waals surface area (Å²) < 4.78 is 0. The molecule has 1 heterocycles. The number of thiazole rings is 1. The van der Waals surface area contributed by atoms with Gasteiger partial charge in [-0.2, -0.15) is 0 Å². The predicted molar refractivity (Wildman–Crippen MR) is 68.1 cm³/mol. The second-order valence-corrected chi connectivity index (χ2v) is 5.74. The van der Waals surface area contributed by atoms with Gasteiger partial charge in [-0.3, -0.25) is 0 Å². The number of hydrogen-bond acceptors (Lipinski definition) is 2. The summed E-state index contributed by atoms with van der Waals surface area (Å²) in [7, 11) is 0. The molecule has 0 N–H and O–H groups in total. The lowest BCUT2D eigenvalue weighted by molar-refractivity contribution is 0.584. The van der Waals surface area contributed by atoms with Gasteiger partial charge in [0.25, 0.3) is 0 Å². The summed E-state index contributed by atoms with van der Waals surface area (Å²) in [5, 5.41) is 1.22. The summed E-state index contributed by atoms with van der Waals surface area (Å²) in [5.74, 6) is 0.702. The number of hydrogen-bond donors (Lipinski definition) is 0. The summed E-state index contributed by atoms with van der Waals surface area (Å²) in [6.45, 7) is 2.11. The third kappa shape index (κ3) is 1.78. The first-order valence-electron chi connectivity index (χ1n) is 5.83. The largest absolute Gasteiger partial charge is 0.246 e. The van der Waals surface area contributed by atoms with Gasteiger partial charge in [-0.15, -0.1) is 11.3 Å². The van der Waals surface area contributed by atoms with Crippen molar-refractivity contribution in [3.05, 3.63) is 51.5 Å². The highest BCUT2D eigenvalue weighted by Gasteiger charge is 2.22. The lowest BCUT2D eigenvalue weighted by atomic mass is 9.85. The SMILES string of the molecule is Cc1nc2c(s1)CC(c1ccccc1)CC2. The molecule has 0 bridgehead atoms. The van der Waals surface area contributed by atoms with Gasteiger partial charge in [0.05, 0.1) is 10.7 Å². The maximum Gasteiger partial charge on any atom is 0.0900 e. The summed E-state index contributed by atoms with van der Waals surface area (Å²) in [4.78, 5) is 6.11. The molecule has 1 aliphatic rings. The van der Waals surface area contributed by atoms with E-state index in [4.69, 9.17) is 0 Å². The van der Waals surface area contributed by atoms with E-state index in [9.17, 15) is 0 Å². The molecule has 82 valence electrons. The second kappa shape index (κ2) is 4.02. The molecular formula is C14H15NS. The Labute approximate surface area is 100 Å². The number of aromatic nitrogens is 1. The third-order valence-corrected chi connectivity index (χ3v) is 4.35. The van der Waals surface area contributed by atoms with Crippen LogP contribution >= 0.6 is 11.3 Å². The molecule has 0 saturated carbocycles. The van der Waals surface area contributed by atoms with E-state index in [1.807, 2.05) is 11.3 Å². The van der Waals surface area contributed by atoms with Crippen molar-refractivity contribution < 1.29 is 0 Å². The maximum atomic E-state index is 4.60. The van der Waals surface area contributed by atoms with E-state index in [-0.39, 0.29) is 0 Å². The molecule has 0 spiro atoms. The van der Waals surface area contributed by atoms with Crippen molar-refractivity contribution in [1.82, 2.24) is 4.98 Å². The normalized spacial score (nSPS) is 19.4. The molecule has 1 atom stereocenters. The van der Waals surface area contributed by atoms with Gasteiger partial charge in [0.15, 0.2) is 0 Å². The highest BCUT2D eigenvalue weighted by atomic mass is 32.1. The fourth-order valence-corrected chi connectivity index (χ4v) is 3.58. The Morgan fingerprint density at radius 2 is 2.06 bits per heavy atom. The molecule has 0 radical (unpaired) electrons. The van der Waals surface area contributed by atoms with Crippen LogP contribution in [0.4, 0.5) is 0 Å². The Bertz CT molecular complexity index is 487. The van der Waals surface area contributed by atoms with Gasteiger partial charge in [-0.1, -0.05) is 30.3 Å². The molecule has 2 heteroatoms. The van der Waals surface area contributed by atoms with Crippen LogP contribution in [0.5, 0.6) is 0 Å². The van der Waals surface area contributed by atoms with Gasteiger partial charge in [0.2, 0.25) is 0 Å². The van der Waals surface area contributed by atoms with Crippen molar-refractivity contribution >= 4 is 11.3 Å². The van der Waals surface area contributed by atoms with E-state index < -0.39 is 0 Å². The van der Waals surface area contributed by atoms with Crippen molar-refractivity contribution in [3.8, 4) is 0 Å². The average molecular weight is 229 g/mol. The van der Waals surface area contributed by atoms with Crippen LogP contribution in [0.1, 0.15) is 33.5 Å². The molecule has 1 unspecified atom stereocenters. The zero-order valence-corrected chi connectivity index (χ0v) is 10.3. The molecular weight excluding hydrogens is 214 g/mol. The molecule has 2 aromatic rings. The summed E-state index contributed by atoms with van der Waals surface area (Å²) >= 11 is 1.88. The highest BCUT2D eigenvalue weighted by Crippen LogP contribution is 2.35. The van der Waals surface area contributed by atoms with Crippen LogP contribution in [0.3, 0.4) is 0 Å². The average Bonchev–Trinajstić information content (AvgIpc) is 2.69. The standard InChI is InChI=1S/C14H15NS/c1-10-15-13-8-7-12(9-14(13)16-10)11-5-3-2-4-6-11/h2-6,12H,7-9H2,1H3. The minimum Gasteiger partial charge on any atom is -0.246 e. The number of fused-ring (bicyclic) bond motifs is 1. The lowest BCUT2D eigenvalue weighted by Crippen LogP contribution is -2.11. The van der Waals surface area contributed by atoms with Gasteiger partial charge >= 0.3 is 0 Å². The van der Waals surface area contributed by atoms with Crippen LogP contribution in [0.25, 0.3) is 0 Å². The monoisotopic (exact) mass is 229 g/mol. The highest BCUT2D eigenvalue weighted by molar-refractivity contribution is 7.11. The molecule has 1 aromatic heterocycles. The number of benzene rings is 1. The van der Waals surface area contributed by atoms with Crippen molar-refractivity contribution in [2.24, 2.45) is 0 Å². The molecule has 0 aliphatic heterocycles. The molecule has 0 fully saturated rings. The van der Waals surface area contributed by atoms with E-state index in [1.165, 1.54) is 34.0 Å². The Morgan fingerprint density at radius 3 is 2.88 bits per heavy atom. The van der Waals surface area contributed by atoms with E-state index in [0.29, 0.717) is 5.92 Å². The van der Waals surface area contributed by atoms with Crippen LogP contribution in [0.15, 0.2) is 30.3 Å². The lowest BCUT2D eigenvalue weighted by Gasteiger charge is -2.21. The fraction of sp³-hybridized carbons (Fsp3) is 0.357. The topological polar surface area (TPSA) is 12.9 Å². The number of nitrogens with zero attached hydrogens (tertiary/aromatic N) is 1. The first kappa shape index (κ1) is 10.0. The van der Waals surface area contributed by atoms with Crippen LogP contribution in [-0.2, 0) is 12.8 Å². The summed E-state index contributed by atoms with van der Waals surface area (Å²) in [6, 6.07) is 10.9. The van der Waals surface area contributed by atoms with Gasteiger partial charge in [0.1, 0.15) is 0 Å². The quantitative estimate of drug-likeness (QED) is 0.726. The Morgan fingerprint density at radius 1 is 1.25 bits per heavy atom. The fourth-order valence-electron chi connectivity index (χ4n) is 2.51. The Kier molecular flexibility index (Phi) is 2.52. The third-order valence-electron chi connectivity index (χ3n) is 3.32. The second-order valence-electron chi connectivity index (χ2n) is 4.45. The van der Waals surface area contributed by atoms with Crippen molar-refractivity contribution in [2.75, 3.05) is 0 Å². The first-order valence-corrected chi connectivity index (χ1v) is 6.64. The minimum atomic E-state index is 0.702. The number of rotatable bonds is 1. The van der Waals surface area contributed by atoms with Gasteiger partial charge in [-0.25, -0.2) is 4.98 Å². The molecule has 0 amide bonds.